The summed E-state index contributed by atoms with van der Waals surface area (Å²) in [6.45, 7) is 3.67. The van der Waals surface area contributed by atoms with Gasteiger partial charge in [0, 0.05) is 24.7 Å². The standard InChI is InChI=1S/C21H29N3O2/c25-20-15-23(11-12-24(20)18-6-2-3-7-18)21(26)19-8-4-1-5-17(19)13-16-9-10-22-14-16/h1,4-5,8,16,18,22H,2-3,6-7,9-15H2. The number of nitrogens with one attached hydrogen (secondary N) is 1. The van der Waals surface area contributed by atoms with Crippen molar-refractivity contribution in [2.24, 2.45) is 5.92 Å². The van der Waals surface area contributed by atoms with Gasteiger partial charge in [0.25, 0.3) is 5.91 Å². The predicted octanol–water partition coefficient (Wildman–Crippen LogP) is 2.07. The van der Waals surface area contributed by atoms with E-state index in [1.807, 2.05) is 23.1 Å². The zero-order valence-electron chi connectivity index (χ0n) is 15.5. The minimum Gasteiger partial charge on any atom is -0.336 e. The van der Waals surface area contributed by atoms with Crippen molar-refractivity contribution in [1.82, 2.24) is 15.1 Å². The summed E-state index contributed by atoms with van der Waals surface area (Å²) in [5, 5.41) is 3.40. The van der Waals surface area contributed by atoms with Gasteiger partial charge in [0.05, 0.1) is 0 Å². The minimum absolute atomic E-state index is 0.0194. The second-order valence-electron chi connectivity index (χ2n) is 7.97. The summed E-state index contributed by atoms with van der Waals surface area (Å²) in [5.74, 6) is 0.741. The average Bonchev–Trinajstić information content (AvgIpc) is 3.35. The van der Waals surface area contributed by atoms with Gasteiger partial charge in [0.15, 0.2) is 0 Å². The Morgan fingerprint density at radius 2 is 1.92 bits per heavy atom. The predicted molar refractivity (Wildman–Crippen MR) is 101 cm³/mol. The smallest absolute Gasteiger partial charge is 0.254 e. The highest BCUT2D eigenvalue weighted by Gasteiger charge is 2.33. The van der Waals surface area contributed by atoms with E-state index in [4.69, 9.17) is 0 Å². The fraction of sp³-hybridized carbons (Fsp3) is 0.619. The number of rotatable bonds is 4. The number of nitrogens with zero attached hydrogens (tertiary/aromatic N) is 2. The van der Waals surface area contributed by atoms with Crippen molar-refractivity contribution in [2.45, 2.75) is 44.6 Å². The van der Waals surface area contributed by atoms with E-state index in [1.165, 1.54) is 19.3 Å². The van der Waals surface area contributed by atoms with Crippen molar-refractivity contribution in [3.05, 3.63) is 35.4 Å². The van der Waals surface area contributed by atoms with Crippen molar-refractivity contribution in [3.8, 4) is 0 Å². The fourth-order valence-corrected chi connectivity index (χ4v) is 4.74. The first kappa shape index (κ1) is 17.5. The summed E-state index contributed by atoms with van der Waals surface area (Å²) >= 11 is 0. The number of hydrogen-bond donors (Lipinski definition) is 1. The largest absolute Gasteiger partial charge is 0.336 e. The molecule has 1 atom stereocenters. The first-order chi connectivity index (χ1) is 12.7. The molecule has 1 aromatic rings. The Morgan fingerprint density at radius 1 is 1.12 bits per heavy atom. The van der Waals surface area contributed by atoms with Crippen LogP contribution in [-0.4, -0.2) is 60.4 Å². The van der Waals surface area contributed by atoms with E-state index in [-0.39, 0.29) is 18.4 Å². The Hall–Kier alpha value is -1.88. The number of carbonyl (C=O) groups excluding carboxylic acids is 2. The minimum atomic E-state index is 0.0194. The van der Waals surface area contributed by atoms with Gasteiger partial charge in [-0.15, -0.1) is 0 Å². The molecule has 5 nitrogen and oxygen atoms in total. The number of amides is 2. The summed E-state index contributed by atoms with van der Waals surface area (Å²) in [4.78, 5) is 29.5. The Labute approximate surface area is 155 Å². The van der Waals surface area contributed by atoms with Crippen LogP contribution in [-0.2, 0) is 11.2 Å². The Balaban J connectivity index is 1.44. The molecule has 1 unspecified atom stereocenters. The monoisotopic (exact) mass is 355 g/mol. The lowest BCUT2D eigenvalue weighted by Crippen LogP contribution is -2.55. The number of hydrogen-bond acceptors (Lipinski definition) is 3. The van der Waals surface area contributed by atoms with E-state index < -0.39 is 0 Å². The van der Waals surface area contributed by atoms with E-state index in [0.29, 0.717) is 25.0 Å². The van der Waals surface area contributed by atoms with Crippen LogP contribution in [0.3, 0.4) is 0 Å². The van der Waals surface area contributed by atoms with Gasteiger partial charge in [0.2, 0.25) is 5.91 Å². The van der Waals surface area contributed by atoms with Crippen LogP contribution in [0.2, 0.25) is 0 Å². The maximum Gasteiger partial charge on any atom is 0.254 e. The molecule has 26 heavy (non-hydrogen) atoms. The maximum absolute atomic E-state index is 13.1. The van der Waals surface area contributed by atoms with Crippen molar-refractivity contribution in [2.75, 3.05) is 32.7 Å². The molecule has 0 bridgehead atoms. The number of piperazine rings is 1. The molecular weight excluding hydrogens is 326 g/mol. The Morgan fingerprint density at radius 3 is 2.65 bits per heavy atom. The van der Waals surface area contributed by atoms with Crippen LogP contribution >= 0.6 is 0 Å². The molecule has 1 aliphatic carbocycles. The van der Waals surface area contributed by atoms with Gasteiger partial charge < -0.3 is 15.1 Å². The van der Waals surface area contributed by atoms with E-state index in [9.17, 15) is 9.59 Å². The van der Waals surface area contributed by atoms with Crippen molar-refractivity contribution < 1.29 is 9.59 Å². The quantitative estimate of drug-likeness (QED) is 0.900. The molecule has 3 aliphatic rings. The van der Waals surface area contributed by atoms with Gasteiger partial charge in [-0.2, -0.15) is 0 Å². The second-order valence-corrected chi connectivity index (χ2v) is 7.97. The molecule has 140 valence electrons. The summed E-state index contributed by atoms with van der Waals surface area (Å²) in [7, 11) is 0. The van der Waals surface area contributed by atoms with Crippen molar-refractivity contribution in [3.63, 3.8) is 0 Å². The number of carbonyl (C=O) groups is 2. The summed E-state index contributed by atoms with van der Waals surface area (Å²) in [5.41, 5.74) is 1.90. The Kier molecular flexibility index (Phi) is 5.25. The highest BCUT2D eigenvalue weighted by atomic mass is 16.2. The van der Waals surface area contributed by atoms with E-state index >= 15 is 0 Å². The second kappa shape index (κ2) is 7.78. The Bertz CT molecular complexity index is 663. The van der Waals surface area contributed by atoms with E-state index in [2.05, 4.69) is 11.4 Å². The van der Waals surface area contributed by atoms with Crippen LogP contribution < -0.4 is 5.32 Å². The molecule has 2 aliphatic heterocycles. The molecule has 2 saturated heterocycles. The van der Waals surface area contributed by atoms with Gasteiger partial charge in [0.1, 0.15) is 6.54 Å². The molecule has 1 saturated carbocycles. The maximum atomic E-state index is 13.1. The zero-order valence-corrected chi connectivity index (χ0v) is 15.5. The fourth-order valence-electron chi connectivity index (χ4n) is 4.74. The van der Waals surface area contributed by atoms with Crippen LogP contribution in [0.5, 0.6) is 0 Å². The lowest BCUT2D eigenvalue weighted by atomic mass is 9.94. The summed E-state index contributed by atoms with van der Waals surface area (Å²) in [6.07, 6.45) is 6.79. The third-order valence-corrected chi connectivity index (χ3v) is 6.23. The highest BCUT2D eigenvalue weighted by Crippen LogP contribution is 2.26. The van der Waals surface area contributed by atoms with Crippen LogP contribution in [0, 0.1) is 5.92 Å². The third-order valence-electron chi connectivity index (χ3n) is 6.23. The number of benzene rings is 1. The van der Waals surface area contributed by atoms with Crippen molar-refractivity contribution in [1.29, 1.82) is 0 Å². The molecule has 0 spiro atoms. The SMILES string of the molecule is O=C(c1ccccc1CC1CCNC1)N1CCN(C2CCCC2)C(=O)C1. The van der Waals surface area contributed by atoms with Crippen LogP contribution in [0.15, 0.2) is 24.3 Å². The first-order valence-electron chi connectivity index (χ1n) is 10.1. The van der Waals surface area contributed by atoms with Crippen LogP contribution in [0.4, 0.5) is 0 Å². The molecule has 5 heteroatoms. The van der Waals surface area contributed by atoms with Crippen LogP contribution in [0.25, 0.3) is 0 Å². The average molecular weight is 355 g/mol. The molecule has 0 radical (unpaired) electrons. The van der Waals surface area contributed by atoms with Gasteiger partial charge in [-0.3, -0.25) is 9.59 Å². The molecule has 1 aromatic carbocycles. The van der Waals surface area contributed by atoms with Gasteiger partial charge in [-0.05, 0) is 56.3 Å². The summed E-state index contributed by atoms with van der Waals surface area (Å²) < 4.78 is 0. The molecule has 1 N–H and O–H groups in total. The molecule has 2 heterocycles. The highest BCUT2D eigenvalue weighted by molar-refractivity contribution is 5.98. The van der Waals surface area contributed by atoms with Gasteiger partial charge >= 0.3 is 0 Å². The normalized spacial score (nSPS) is 24.5. The molecule has 3 fully saturated rings. The molecule has 4 rings (SSSR count). The molecule has 0 aromatic heterocycles. The first-order valence-corrected chi connectivity index (χ1v) is 10.1. The van der Waals surface area contributed by atoms with Crippen molar-refractivity contribution >= 4 is 11.8 Å². The molecular formula is C21H29N3O2. The lowest BCUT2D eigenvalue weighted by molar-refractivity contribution is -0.137. The topological polar surface area (TPSA) is 52.7 Å². The zero-order chi connectivity index (χ0) is 17.9. The molecule has 2 amide bonds. The lowest BCUT2D eigenvalue weighted by Gasteiger charge is -2.38. The van der Waals surface area contributed by atoms with Crippen LogP contribution in [0.1, 0.15) is 48.0 Å². The van der Waals surface area contributed by atoms with Gasteiger partial charge in [-0.1, -0.05) is 31.0 Å². The van der Waals surface area contributed by atoms with E-state index in [1.54, 1.807) is 4.90 Å². The van der Waals surface area contributed by atoms with E-state index in [0.717, 1.165) is 43.5 Å². The summed E-state index contributed by atoms with van der Waals surface area (Å²) in [6, 6.07) is 8.34. The van der Waals surface area contributed by atoms with Gasteiger partial charge in [-0.25, -0.2) is 0 Å². The third kappa shape index (κ3) is 3.63.